The maximum Gasteiger partial charge on any atom is -0.0225 e. The Morgan fingerprint density at radius 3 is 1.73 bits per heavy atom. The third-order valence-corrected chi connectivity index (χ3v) is 1.48. The van der Waals surface area contributed by atoms with Crippen molar-refractivity contribution in [1.82, 2.24) is 0 Å². The van der Waals surface area contributed by atoms with Gasteiger partial charge in [0.25, 0.3) is 0 Å². The molecule has 0 nitrogen and oxygen atoms in total. The Morgan fingerprint density at radius 1 is 1.20 bits per heavy atom. The van der Waals surface area contributed by atoms with Crippen LogP contribution in [0.1, 0.15) is 54.9 Å². The van der Waals surface area contributed by atoms with E-state index in [1.165, 1.54) is 12.0 Å². The summed E-state index contributed by atoms with van der Waals surface area (Å²) in [5.41, 5.74) is 2.34. The zero-order valence-electron chi connectivity index (χ0n) is 11.9. The second kappa shape index (κ2) is 15.7. The van der Waals surface area contributed by atoms with Crippen LogP contribution in [0, 0.1) is 5.92 Å². The molecular weight excluding hydrogens is 180 g/mol. The zero-order chi connectivity index (χ0) is 12.9. The van der Waals surface area contributed by atoms with Crippen molar-refractivity contribution in [2.75, 3.05) is 0 Å². The zero-order valence-corrected chi connectivity index (χ0v) is 11.9. The van der Waals surface area contributed by atoms with Crippen LogP contribution in [0.25, 0.3) is 0 Å². The van der Waals surface area contributed by atoms with Gasteiger partial charge < -0.3 is 0 Å². The maximum absolute atomic E-state index is 3.92. The number of allylic oxidation sites excluding steroid dienone is 4. The second-order valence-electron chi connectivity index (χ2n) is 3.53. The van der Waals surface area contributed by atoms with E-state index in [2.05, 4.69) is 46.9 Å². The molecule has 0 aliphatic heterocycles. The predicted molar refractivity (Wildman–Crippen MR) is 75.2 cm³/mol. The van der Waals surface area contributed by atoms with Crippen LogP contribution in [0.5, 0.6) is 0 Å². The highest BCUT2D eigenvalue weighted by Crippen LogP contribution is 2.10. The van der Waals surface area contributed by atoms with Crippen LogP contribution in [0.15, 0.2) is 36.5 Å². The Kier molecular flexibility index (Phi) is 20.6. The Hall–Kier alpha value is -0.780. The Morgan fingerprint density at radius 2 is 1.53 bits per heavy atom. The summed E-state index contributed by atoms with van der Waals surface area (Å²) in [5.74, 6) is 0.537. The summed E-state index contributed by atoms with van der Waals surface area (Å²) in [7, 11) is 0. The van der Waals surface area contributed by atoms with E-state index in [0.717, 1.165) is 5.57 Å². The normalized spacial score (nSPS) is 9.47. The van der Waals surface area contributed by atoms with Crippen LogP contribution in [0.2, 0.25) is 0 Å². The van der Waals surface area contributed by atoms with E-state index in [9.17, 15) is 0 Å². The predicted octanol–water partition coefficient (Wildman–Crippen LogP) is 5.77. The summed E-state index contributed by atoms with van der Waals surface area (Å²) in [6.07, 6.45) is 5.16. The molecule has 0 saturated heterocycles. The van der Waals surface area contributed by atoms with Gasteiger partial charge in [0.05, 0.1) is 0 Å². The molecule has 0 aromatic carbocycles. The molecule has 0 heterocycles. The molecule has 0 unspecified atom stereocenters. The van der Waals surface area contributed by atoms with Crippen molar-refractivity contribution in [2.24, 2.45) is 5.92 Å². The van der Waals surface area contributed by atoms with Gasteiger partial charge in [-0.15, -0.1) is 0 Å². The highest BCUT2D eigenvalue weighted by molar-refractivity contribution is 5.26. The summed E-state index contributed by atoms with van der Waals surface area (Å²) >= 11 is 0. The highest BCUT2D eigenvalue weighted by Gasteiger charge is 1.94. The molecule has 0 saturated carbocycles. The van der Waals surface area contributed by atoms with E-state index in [1.807, 2.05) is 26.8 Å². The molecule has 90 valence electrons. The molecule has 0 aliphatic rings. The van der Waals surface area contributed by atoms with Crippen molar-refractivity contribution in [3.05, 3.63) is 36.5 Å². The van der Waals surface area contributed by atoms with Crippen LogP contribution in [-0.4, -0.2) is 0 Å². The lowest BCUT2D eigenvalue weighted by molar-refractivity contribution is 0.794. The molecule has 0 spiro atoms. The topological polar surface area (TPSA) is 0 Å². The third-order valence-electron chi connectivity index (χ3n) is 1.48. The quantitative estimate of drug-likeness (QED) is 0.518. The van der Waals surface area contributed by atoms with Crippen molar-refractivity contribution in [2.45, 2.75) is 54.9 Å². The lowest BCUT2D eigenvalue weighted by atomic mass is 10.0. The minimum atomic E-state index is 0.537. The average molecular weight is 210 g/mol. The van der Waals surface area contributed by atoms with Gasteiger partial charge in [0, 0.05) is 0 Å². The minimum absolute atomic E-state index is 0.537. The van der Waals surface area contributed by atoms with Gasteiger partial charge in [0.15, 0.2) is 0 Å². The van der Waals surface area contributed by atoms with Crippen molar-refractivity contribution in [3.63, 3.8) is 0 Å². The van der Waals surface area contributed by atoms with Crippen LogP contribution in [0.3, 0.4) is 0 Å². The standard InChI is InChI=1S/C10H16.C3H8.C2H6/c1-6-9(4)7-10(5)8(2)3;1-3-2;1-2/h6-8H,1,5H2,2-4H3;3H2,1-2H3;1-2H3/b9-7-;;. The van der Waals surface area contributed by atoms with E-state index >= 15 is 0 Å². The number of rotatable bonds is 3. The van der Waals surface area contributed by atoms with Crippen LogP contribution in [-0.2, 0) is 0 Å². The largest absolute Gasteiger partial charge is 0.0988 e. The first-order valence-corrected chi connectivity index (χ1v) is 5.99. The SMILES string of the molecule is C=C/C(C)=C\C(=C)C(C)C.CC.CCC. The molecule has 0 aliphatic carbocycles. The molecule has 0 heteroatoms. The molecule has 0 aromatic rings. The van der Waals surface area contributed by atoms with E-state index in [4.69, 9.17) is 0 Å². The fraction of sp³-hybridized carbons (Fsp3) is 0.600. The van der Waals surface area contributed by atoms with Crippen molar-refractivity contribution in [3.8, 4) is 0 Å². The molecule has 0 bridgehead atoms. The van der Waals surface area contributed by atoms with Gasteiger partial charge in [-0.2, -0.15) is 0 Å². The molecule has 0 aromatic heterocycles. The monoisotopic (exact) mass is 210 g/mol. The van der Waals surface area contributed by atoms with Crippen LogP contribution in [0.4, 0.5) is 0 Å². The highest BCUT2D eigenvalue weighted by atomic mass is 14.0. The van der Waals surface area contributed by atoms with Crippen molar-refractivity contribution < 1.29 is 0 Å². The fourth-order valence-electron chi connectivity index (χ4n) is 0.518. The Labute approximate surface area is 97.8 Å². The average Bonchev–Trinajstić information content (AvgIpc) is 2.21. The smallest absolute Gasteiger partial charge is 0.0225 e. The van der Waals surface area contributed by atoms with Gasteiger partial charge >= 0.3 is 0 Å². The minimum Gasteiger partial charge on any atom is -0.0988 e. The second-order valence-corrected chi connectivity index (χ2v) is 3.53. The maximum atomic E-state index is 3.92. The molecular formula is C15H30. The van der Waals surface area contributed by atoms with Crippen molar-refractivity contribution >= 4 is 0 Å². The van der Waals surface area contributed by atoms with Crippen molar-refractivity contribution in [1.29, 1.82) is 0 Å². The van der Waals surface area contributed by atoms with Gasteiger partial charge in [-0.3, -0.25) is 0 Å². The van der Waals surface area contributed by atoms with Gasteiger partial charge in [0.2, 0.25) is 0 Å². The first-order valence-electron chi connectivity index (χ1n) is 5.99. The summed E-state index contributed by atoms with van der Waals surface area (Å²) in [4.78, 5) is 0. The Bertz CT molecular complexity index is 170. The summed E-state index contributed by atoms with van der Waals surface area (Å²) in [5, 5.41) is 0. The molecule has 0 atom stereocenters. The van der Waals surface area contributed by atoms with Crippen LogP contribution >= 0.6 is 0 Å². The molecule has 15 heavy (non-hydrogen) atoms. The lowest BCUT2D eigenvalue weighted by Gasteiger charge is -2.03. The number of hydrogen-bond donors (Lipinski definition) is 0. The third kappa shape index (κ3) is 19.6. The molecule has 0 amide bonds. The van der Waals surface area contributed by atoms with E-state index < -0.39 is 0 Å². The van der Waals surface area contributed by atoms with Crippen LogP contribution < -0.4 is 0 Å². The first-order chi connectivity index (χ1) is 6.99. The Balaban J connectivity index is -0.000000245. The van der Waals surface area contributed by atoms with Gasteiger partial charge in [-0.25, -0.2) is 0 Å². The van der Waals surface area contributed by atoms with Gasteiger partial charge in [-0.1, -0.05) is 84.4 Å². The van der Waals surface area contributed by atoms with E-state index in [0.29, 0.717) is 5.92 Å². The molecule has 0 N–H and O–H groups in total. The summed E-state index contributed by atoms with van der Waals surface area (Å²) < 4.78 is 0. The molecule has 0 radical (unpaired) electrons. The molecule has 0 fully saturated rings. The molecule has 0 rings (SSSR count). The van der Waals surface area contributed by atoms with Gasteiger partial charge in [0.1, 0.15) is 0 Å². The lowest BCUT2D eigenvalue weighted by Crippen LogP contribution is -1.88. The number of hydrogen-bond acceptors (Lipinski definition) is 0. The summed E-state index contributed by atoms with van der Waals surface area (Å²) in [6, 6.07) is 0. The fourth-order valence-corrected chi connectivity index (χ4v) is 0.518. The first kappa shape index (κ1) is 19.7. The van der Waals surface area contributed by atoms with E-state index in [1.54, 1.807) is 0 Å². The summed E-state index contributed by atoms with van der Waals surface area (Å²) in [6.45, 7) is 22.1. The van der Waals surface area contributed by atoms with Gasteiger partial charge in [-0.05, 0) is 12.8 Å². The van der Waals surface area contributed by atoms with E-state index in [-0.39, 0.29) is 0 Å².